The van der Waals surface area contributed by atoms with Crippen molar-refractivity contribution in [2.45, 2.75) is 32.4 Å². The number of aromatic nitrogens is 3. The van der Waals surface area contributed by atoms with Crippen molar-refractivity contribution >= 4 is 11.6 Å². The van der Waals surface area contributed by atoms with Gasteiger partial charge in [-0.2, -0.15) is 18.3 Å². The van der Waals surface area contributed by atoms with Gasteiger partial charge < -0.3 is 10.2 Å². The standard InChI is InChI=1S/C18H22F3N5/c1-17(2,3)14-5-7-16(25-24-14)26-10-12(11-26)8-22-15-6-4-13(9-23-15)18(19,20)21/h4-7,9,12H,8,10-11H2,1-3H3,(H,22,23). The molecule has 5 nitrogen and oxygen atoms in total. The lowest BCUT2D eigenvalue weighted by Crippen LogP contribution is -2.50. The largest absolute Gasteiger partial charge is 0.417 e. The summed E-state index contributed by atoms with van der Waals surface area (Å²) in [6.45, 7) is 8.60. The summed E-state index contributed by atoms with van der Waals surface area (Å²) in [5.74, 6) is 1.69. The highest BCUT2D eigenvalue weighted by atomic mass is 19.4. The second-order valence-corrected chi connectivity index (χ2v) is 7.61. The molecule has 26 heavy (non-hydrogen) atoms. The predicted molar refractivity (Wildman–Crippen MR) is 94.2 cm³/mol. The summed E-state index contributed by atoms with van der Waals surface area (Å²) in [6, 6.07) is 6.37. The molecule has 0 bridgehead atoms. The topological polar surface area (TPSA) is 53.9 Å². The zero-order chi connectivity index (χ0) is 18.9. The number of pyridine rings is 1. The monoisotopic (exact) mass is 365 g/mol. The van der Waals surface area contributed by atoms with Gasteiger partial charge in [-0.05, 0) is 24.3 Å². The molecule has 3 heterocycles. The van der Waals surface area contributed by atoms with E-state index in [0.717, 1.165) is 36.9 Å². The van der Waals surface area contributed by atoms with Crippen molar-refractivity contribution in [3.63, 3.8) is 0 Å². The first-order chi connectivity index (χ1) is 12.1. The van der Waals surface area contributed by atoms with Crippen LogP contribution in [0.3, 0.4) is 0 Å². The maximum atomic E-state index is 12.5. The van der Waals surface area contributed by atoms with Crippen molar-refractivity contribution in [3.8, 4) is 0 Å². The van der Waals surface area contributed by atoms with Gasteiger partial charge in [0.15, 0.2) is 5.82 Å². The molecular weight excluding hydrogens is 343 g/mol. The summed E-state index contributed by atoms with van der Waals surface area (Å²) in [5, 5.41) is 11.7. The molecule has 2 aromatic rings. The van der Waals surface area contributed by atoms with Gasteiger partial charge in [0.05, 0.1) is 11.3 Å². The van der Waals surface area contributed by atoms with Crippen LogP contribution in [-0.4, -0.2) is 34.8 Å². The lowest BCUT2D eigenvalue weighted by molar-refractivity contribution is -0.137. The average Bonchev–Trinajstić information content (AvgIpc) is 2.52. The van der Waals surface area contributed by atoms with E-state index in [-0.39, 0.29) is 5.41 Å². The molecular formula is C18H22F3N5. The normalized spacial score (nSPS) is 15.7. The van der Waals surface area contributed by atoms with Gasteiger partial charge in [-0.15, -0.1) is 5.10 Å². The van der Waals surface area contributed by atoms with Crippen molar-refractivity contribution in [1.82, 2.24) is 15.2 Å². The molecule has 140 valence electrons. The molecule has 0 aromatic carbocycles. The van der Waals surface area contributed by atoms with Crippen molar-refractivity contribution in [3.05, 3.63) is 41.7 Å². The van der Waals surface area contributed by atoms with E-state index in [1.54, 1.807) is 0 Å². The summed E-state index contributed by atoms with van der Waals surface area (Å²) < 4.78 is 37.5. The third-order valence-corrected chi connectivity index (χ3v) is 4.36. The number of hydrogen-bond donors (Lipinski definition) is 1. The molecule has 1 aliphatic heterocycles. The molecule has 3 rings (SSSR count). The third-order valence-electron chi connectivity index (χ3n) is 4.36. The van der Waals surface area contributed by atoms with Crippen LogP contribution in [0, 0.1) is 5.92 Å². The summed E-state index contributed by atoms with van der Waals surface area (Å²) in [5.41, 5.74) is 0.185. The van der Waals surface area contributed by atoms with Gasteiger partial charge in [0.25, 0.3) is 0 Å². The fourth-order valence-electron chi connectivity index (χ4n) is 2.69. The molecule has 0 radical (unpaired) electrons. The van der Waals surface area contributed by atoms with E-state index >= 15 is 0 Å². The summed E-state index contributed by atoms with van der Waals surface area (Å²) >= 11 is 0. The molecule has 1 fully saturated rings. The van der Waals surface area contributed by atoms with Crippen LogP contribution in [-0.2, 0) is 11.6 Å². The number of alkyl halides is 3. The van der Waals surface area contributed by atoms with Gasteiger partial charge in [0, 0.05) is 37.2 Å². The van der Waals surface area contributed by atoms with Gasteiger partial charge in [0.2, 0.25) is 0 Å². The molecule has 0 unspecified atom stereocenters. The summed E-state index contributed by atoms with van der Waals surface area (Å²) in [6.07, 6.45) is -3.51. The Balaban J connectivity index is 1.47. The van der Waals surface area contributed by atoms with Crippen molar-refractivity contribution < 1.29 is 13.2 Å². The molecule has 0 atom stereocenters. The molecule has 8 heteroatoms. The van der Waals surface area contributed by atoms with E-state index in [0.29, 0.717) is 18.3 Å². The van der Waals surface area contributed by atoms with Crippen molar-refractivity contribution in [2.75, 3.05) is 29.9 Å². The Morgan fingerprint density at radius 2 is 1.81 bits per heavy atom. The van der Waals surface area contributed by atoms with E-state index in [4.69, 9.17) is 0 Å². The molecule has 0 saturated carbocycles. The second kappa shape index (κ2) is 6.74. The van der Waals surface area contributed by atoms with Crippen LogP contribution in [0.25, 0.3) is 0 Å². The quantitative estimate of drug-likeness (QED) is 0.895. The fourth-order valence-corrected chi connectivity index (χ4v) is 2.69. The van der Waals surface area contributed by atoms with E-state index in [9.17, 15) is 13.2 Å². The van der Waals surface area contributed by atoms with Crippen LogP contribution in [0.15, 0.2) is 30.5 Å². The second-order valence-electron chi connectivity index (χ2n) is 7.61. The van der Waals surface area contributed by atoms with Gasteiger partial charge in [-0.25, -0.2) is 4.98 Å². The maximum absolute atomic E-state index is 12.5. The van der Waals surface area contributed by atoms with Crippen molar-refractivity contribution in [2.24, 2.45) is 5.92 Å². The number of anilines is 2. The number of hydrogen-bond acceptors (Lipinski definition) is 5. The zero-order valence-electron chi connectivity index (χ0n) is 15.0. The Labute approximate surface area is 150 Å². The predicted octanol–water partition coefficient (Wildman–Crippen LogP) is 3.74. The number of rotatable bonds is 4. The van der Waals surface area contributed by atoms with Crippen molar-refractivity contribution in [1.29, 1.82) is 0 Å². The molecule has 1 N–H and O–H groups in total. The van der Waals surface area contributed by atoms with Crippen LogP contribution >= 0.6 is 0 Å². The molecule has 1 saturated heterocycles. The molecule has 0 amide bonds. The lowest BCUT2D eigenvalue weighted by Gasteiger charge is -2.40. The first-order valence-electron chi connectivity index (χ1n) is 8.49. The number of halogens is 3. The highest BCUT2D eigenvalue weighted by Crippen LogP contribution is 2.29. The van der Waals surface area contributed by atoms with Gasteiger partial charge in [0.1, 0.15) is 5.82 Å². The lowest BCUT2D eigenvalue weighted by atomic mass is 9.92. The highest BCUT2D eigenvalue weighted by molar-refractivity contribution is 5.42. The van der Waals surface area contributed by atoms with Crippen LogP contribution < -0.4 is 10.2 Å². The molecule has 0 spiro atoms. The first-order valence-corrected chi connectivity index (χ1v) is 8.49. The Morgan fingerprint density at radius 1 is 1.08 bits per heavy atom. The highest BCUT2D eigenvalue weighted by Gasteiger charge is 2.31. The zero-order valence-corrected chi connectivity index (χ0v) is 15.0. The van der Waals surface area contributed by atoms with E-state index < -0.39 is 11.7 Å². The number of nitrogens with zero attached hydrogens (tertiary/aromatic N) is 4. The molecule has 1 aliphatic rings. The molecule has 2 aromatic heterocycles. The average molecular weight is 365 g/mol. The SMILES string of the molecule is CC(C)(C)c1ccc(N2CC(CNc3ccc(C(F)(F)F)cn3)C2)nn1. The van der Waals surface area contributed by atoms with Crippen LogP contribution in [0.1, 0.15) is 32.0 Å². The van der Waals surface area contributed by atoms with E-state index in [2.05, 4.69) is 46.2 Å². The van der Waals surface area contributed by atoms with Crippen LogP contribution in [0.2, 0.25) is 0 Å². The minimum atomic E-state index is -4.36. The Hall–Kier alpha value is -2.38. The minimum Gasteiger partial charge on any atom is -0.370 e. The van der Waals surface area contributed by atoms with Crippen LogP contribution in [0.4, 0.5) is 24.8 Å². The Morgan fingerprint density at radius 3 is 2.31 bits per heavy atom. The third kappa shape index (κ3) is 4.23. The van der Waals surface area contributed by atoms with Crippen LogP contribution in [0.5, 0.6) is 0 Å². The fraction of sp³-hybridized carbons (Fsp3) is 0.500. The van der Waals surface area contributed by atoms with E-state index in [1.807, 2.05) is 12.1 Å². The summed E-state index contributed by atoms with van der Waals surface area (Å²) in [7, 11) is 0. The van der Waals surface area contributed by atoms with Gasteiger partial charge in [-0.3, -0.25) is 0 Å². The number of nitrogens with one attached hydrogen (secondary N) is 1. The molecule has 0 aliphatic carbocycles. The Bertz CT molecular complexity index is 727. The van der Waals surface area contributed by atoms with Gasteiger partial charge in [-0.1, -0.05) is 20.8 Å². The maximum Gasteiger partial charge on any atom is 0.417 e. The van der Waals surface area contributed by atoms with E-state index in [1.165, 1.54) is 6.07 Å². The Kier molecular flexibility index (Phi) is 4.77. The smallest absolute Gasteiger partial charge is 0.370 e. The first kappa shape index (κ1) is 18.4. The van der Waals surface area contributed by atoms with Gasteiger partial charge >= 0.3 is 6.18 Å². The summed E-state index contributed by atoms with van der Waals surface area (Å²) in [4.78, 5) is 5.95. The minimum absolute atomic E-state index is 0.0262.